The maximum absolute atomic E-state index is 12.8. The third-order valence-corrected chi connectivity index (χ3v) is 4.64. The van der Waals surface area contributed by atoms with Crippen LogP contribution in [-0.4, -0.2) is 19.1 Å². The molecular weight excluding hydrogens is 354 g/mol. The summed E-state index contributed by atoms with van der Waals surface area (Å²) in [6.45, 7) is 1.91. The van der Waals surface area contributed by atoms with Gasteiger partial charge in [-0.15, -0.1) is 0 Å². The number of para-hydroxylation sites is 2. The first kappa shape index (κ1) is 17.9. The van der Waals surface area contributed by atoms with Crippen LogP contribution in [0.4, 0.5) is 5.69 Å². The van der Waals surface area contributed by atoms with E-state index in [-0.39, 0.29) is 5.91 Å². The average molecular weight is 375 g/mol. The van der Waals surface area contributed by atoms with Gasteiger partial charge in [-0.25, -0.2) is 0 Å². The van der Waals surface area contributed by atoms with Gasteiger partial charge in [0.25, 0.3) is 5.91 Å². The Morgan fingerprint density at radius 3 is 2.50 bits per heavy atom. The van der Waals surface area contributed by atoms with Crippen molar-refractivity contribution in [3.63, 3.8) is 0 Å². The fourth-order valence-electron chi connectivity index (χ4n) is 3.22. The molecule has 1 amide bonds. The minimum absolute atomic E-state index is 0.236. The summed E-state index contributed by atoms with van der Waals surface area (Å²) in [6, 6.07) is 20.8. The number of carbonyl (C=O) groups is 1. The number of amides is 1. The van der Waals surface area contributed by atoms with Crippen LogP contribution in [0.5, 0.6) is 11.5 Å². The van der Waals surface area contributed by atoms with E-state index >= 15 is 0 Å². The molecule has 0 aliphatic rings. The van der Waals surface area contributed by atoms with Crippen LogP contribution in [0.15, 0.2) is 71.1 Å². The van der Waals surface area contributed by atoms with Crippen molar-refractivity contribution in [1.29, 1.82) is 0 Å². The van der Waals surface area contributed by atoms with Crippen molar-refractivity contribution in [2.24, 2.45) is 0 Å². The Hall–Kier alpha value is -3.47. The van der Waals surface area contributed by atoms with Crippen LogP contribution in [-0.2, 0) is 4.79 Å². The largest absolute Gasteiger partial charge is 0.495 e. The maximum atomic E-state index is 12.8. The van der Waals surface area contributed by atoms with E-state index in [4.69, 9.17) is 13.9 Å². The highest BCUT2D eigenvalue weighted by Crippen LogP contribution is 2.36. The molecule has 5 heteroatoms. The fraction of sp³-hybridized carbons (Fsp3) is 0.174. The summed E-state index contributed by atoms with van der Waals surface area (Å²) in [7, 11) is 1.58. The van der Waals surface area contributed by atoms with Gasteiger partial charge in [-0.2, -0.15) is 0 Å². The van der Waals surface area contributed by atoms with Gasteiger partial charge in [0.2, 0.25) is 0 Å². The van der Waals surface area contributed by atoms with Gasteiger partial charge in [0.1, 0.15) is 22.7 Å². The zero-order chi connectivity index (χ0) is 19.5. The number of carbonyl (C=O) groups excluding carboxylic acids is 1. The molecule has 28 heavy (non-hydrogen) atoms. The minimum Gasteiger partial charge on any atom is -0.495 e. The van der Waals surface area contributed by atoms with Crippen LogP contribution in [0.1, 0.15) is 13.3 Å². The number of hydrogen-bond acceptors (Lipinski definition) is 4. The Labute approximate surface area is 162 Å². The van der Waals surface area contributed by atoms with Gasteiger partial charge in [0.05, 0.1) is 12.8 Å². The summed E-state index contributed by atoms with van der Waals surface area (Å²) in [5, 5.41) is 4.87. The van der Waals surface area contributed by atoms with Gasteiger partial charge in [0, 0.05) is 16.8 Å². The zero-order valence-corrected chi connectivity index (χ0v) is 15.8. The number of anilines is 1. The topological polar surface area (TPSA) is 60.7 Å². The van der Waals surface area contributed by atoms with E-state index in [1.165, 1.54) is 0 Å². The van der Waals surface area contributed by atoms with Crippen molar-refractivity contribution in [2.45, 2.75) is 19.4 Å². The number of hydrogen-bond donors (Lipinski definition) is 1. The first-order chi connectivity index (χ1) is 13.7. The molecule has 3 aromatic carbocycles. The molecule has 0 bridgehead atoms. The normalized spacial score (nSPS) is 12.1. The Balaban J connectivity index is 1.64. The summed E-state index contributed by atoms with van der Waals surface area (Å²) in [5.74, 6) is 0.992. The van der Waals surface area contributed by atoms with Gasteiger partial charge in [-0.05, 0) is 30.7 Å². The molecule has 4 rings (SSSR count). The Morgan fingerprint density at radius 2 is 1.75 bits per heavy atom. The Morgan fingerprint density at radius 1 is 1.00 bits per heavy atom. The van der Waals surface area contributed by atoms with E-state index in [2.05, 4.69) is 5.32 Å². The second kappa shape index (κ2) is 7.64. The van der Waals surface area contributed by atoms with Crippen molar-refractivity contribution in [3.8, 4) is 11.5 Å². The SMILES string of the molecule is CC[C@@H](Oc1ccccc1)C(=O)Nc1cc2oc3ccccc3c2cc1OC. The van der Waals surface area contributed by atoms with Crippen LogP contribution in [0, 0.1) is 0 Å². The summed E-state index contributed by atoms with van der Waals surface area (Å²) in [4.78, 5) is 12.8. The van der Waals surface area contributed by atoms with Crippen LogP contribution < -0.4 is 14.8 Å². The molecular formula is C23H21NO4. The Kier molecular flexibility index (Phi) is 4.89. The van der Waals surface area contributed by atoms with Gasteiger partial charge < -0.3 is 19.2 Å². The third-order valence-electron chi connectivity index (χ3n) is 4.64. The van der Waals surface area contributed by atoms with Gasteiger partial charge in [-0.3, -0.25) is 4.79 Å². The highest BCUT2D eigenvalue weighted by atomic mass is 16.5. The van der Waals surface area contributed by atoms with Crippen molar-refractivity contribution in [3.05, 3.63) is 66.7 Å². The van der Waals surface area contributed by atoms with Gasteiger partial charge in [0.15, 0.2) is 6.10 Å². The van der Waals surface area contributed by atoms with Gasteiger partial charge >= 0.3 is 0 Å². The van der Waals surface area contributed by atoms with Crippen molar-refractivity contribution < 1.29 is 18.7 Å². The van der Waals surface area contributed by atoms with E-state index < -0.39 is 6.10 Å². The molecule has 1 atom stereocenters. The fourth-order valence-corrected chi connectivity index (χ4v) is 3.22. The highest BCUT2D eigenvalue weighted by molar-refractivity contribution is 6.08. The second-order valence-corrected chi connectivity index (χ2v) is 6.46. The third kappa shape index (κ3) is 3.39. The lowest BCUT2D eigenvalue weighted by atomic mass is 10.1. The van der Waals surface area contributed by atoms with Gasteiger partial charge in [-0.1, -0.05) is 43.3 Å². The van der Waals surface area contributed by atoms with Crippen molar-refractivity contribution in [2.75, 3.05) is 12.4 Å². The minimum atomic E-state index is -0.613. The number of ether oxygens (including phenoxy) is 2. The number of rotatable bonds is 6. The zero-order valence-electron chi connectivity index (χ0n) is 15.8. The number of methoxy groups -OCH3 is 1. The Bertz CT molecular complexity index is 1120. The summed E-state index contributed by atoms with van der Waals surface area (Å²) in [5.41, 5.74) is 2.03. The molecule has 0 unspecified atom stereocenters. The molecule has 1 aromatic heterocycles. The van der Waals surface area contributed by atoms with Crippen molar-refractivity contribution >= 4 is 33.5 Å². The highest BCUT2D eigenvalue weighted by Gasteiger charge is 2.21. The number of nitrogens with one attached hydrogen (secondary N) is 1. The summed E-state index contributed by atoms with van der Waals surface area (Å²) >= 11 is 0. The molecule has 0 aliphatic heterocycles. The molecule has 0 saturated heterocycles. The molecule has 1 heterocycles. The van der Waals surface area contributed by atoms with Crippen molar-refractivity contribution in [1.82, 2.24) is 0 Å². The monoisotopic (exact) mass is 375 g/mol. The molecule has 0 fully saturated rings. The van der Waals surface area contributed by atoms with Crippen LogP contribution >= 0.6 is 0 Å². The van der Waals surface area contributed by atoms with Crippen LogP contribution in [0.3, 0.4) is 0 Å². The maximum Gasteiger partial charge on any atom is 0.265 e. The lowest BCUT2D eigenvalue weighted by Crippen LogP contribution is -2.32. The molecule has 0 aliphatic carbocycles. The molecule has 0 spiro atoms. The van der Waals surface area contributed by atoms with Crippen LogP contribution in [0.25, 0.3) is 21.9 Å². The van der Waals surface area contributed by atoms with E-state index in [1.807, 2.05) is 67.6 Å². The van der Waals surface area contributed by atoms with E-state index in [0.29, 0.717) is 29.2 Å². The summed E-state index contributed by atoms with van der Waals surface area (Å²) in [6.07, 6.45) is -0.0749. The van der Waals surface area contributed by atoms with Crippen LogP contribution in [0.2, 0.25) is 0 Å². The smallest absolute Gasteiger partial charge is 0.265 e. The molecule has 0 saturated carbocycles. The molecule has 5 nitrogen and oxygen atoms in total. The number of benzene rings is 3. The van der Waals surface area contributed by atoms with E-state index in [9.17, 15) is 4.79 Å². The predicted octanol–water partition coefficient (Wildman–Crippen LogP) is 5.39. The lowest BCUT2D eigenvalue weighted by Gasteiger charge is -2.18. The number of furan rings is 1. The lowest BCUT2D eigenvalue weighted by molar-refractivity contribution is -0.122. The first-order valence-corrected chi connectivity index (χ1v) is 9.21. The average Bonchev–Trinajstić information content (AvgIpc) is 3.09. The summed E-state index contributed by atoms with van der Waals surface area (Å²) < 4.78 is 17.3. The first-order valence-electron chi connectivity index (χ1n) is 9.21. The number of fused-ring (bicyclic) bond motifs is 3. The molecule has 4 aromatic rings. The molecule has 142 valence electrons. The predicted molar refractivity (Wildman–Crippen MR) is 110 cm³/mol. The second-order valence-electron chi connectivity index (χ2n) is 6.46. The quantitative estimate of drug-likeness (QED) is 0.491. The van der Waals surface area contributed by atoms with E-state index in [1.54, 1.807) is 13.2 Å². The standard InChI is InChI=1S/C23H21NO4/c1-3-19(27-15-9-5-4-6-10-15)23(25)24-18-14-21-17(13-22(18)26-2)16-11-7-8-12-20(16)28-21/h4-14,19H,3H2,1-2H3,(H,24,25)/t19-/m1/s1. The molecule has 1 N–H and O–H groups in total. The van der Waals surface area contributed by atoms with E-state index in [0.717, 1.165) is 16.4 Å². The molecule has 0 radical (unpaired) electrons.